The van der Waals surface area contributed by atoms with Crippen LogP contribution in [-0.4, -0.2) is 73.3 Å². The van der Waals surface area contributed by atoms with Gasteiger partial charge in [0, 0.05) is 52.4 Å². The topological polar surface area (TPSA) is 163 Å². The fourth-order valence-corrected chi connectivity index (χ4v) is 5.31. The molecule has 4 rings (SSSR count). The molecule has 0 unspecified atom stereocenters. The fraction of sp³-hybridized carbons (Fsp3) is 0.368. The fourth-order valence-electron chi connectivity index (χ4n) is 3.85. The van der Waals surface area contributed by atoms with Crippen molar-refractivity contribution in [2.24, 2.45) is 14.1 Å². The number of aryl methyl sites for hydroxylation is 1. The van der Waals surface area contributed by atoms with Crippen LogP contribution in [0.1, 0.15) is 0 Å². The number of nitro benzene ring substituents is 1. The zero-order valence-corrected chi connectivity index (χ0v) is 19.1. The first kappa shape index (κ1) is 23.3. The summed E-state index contributed by atoms with van der Waals surface area (Å²) in [6.07, 6.45) is 1.31. The van der Waals surface area contributed by atoms with Crippen molar-refractivity contribution in [3.63, 3.8) is 0 Å². The van der Waals surface area contributed by atoms with Gasteiger partial charge in [0.2, 0.25) is 15.9 Å². The maximum Gasteiger partial charge on any atom is 0.332 e. The minimum atomic E-state index is -3.97. The van der Waals surface area contributed by atoms with E-state index < -0.39 is 26.2 Å². The summed E-state index contributed by atoms with van der Waals surface area (Å²) < 4.78 is 30.5. The number of fused-ring (bicyclic) bond motifs is 1. The molecule has 1 fully saturated rings. The monoisotopic (exact) mass is 491 g/mol. The molecule has 180 valence electrons. The minimum Gasteiger partial charge on any atom is -0.339 e. The highest BCUT2D eigenvalue weighted by atomic mass is 32.2. The highest BCUT2D eigenvalue weighted by Crippen LogP contribution is 2.22. The maximum absolute atomic E-state index is 12.9. The van der Waals surface area contributed by atoms with Crippen molar-refractivity contribution in [1.29, 1.82) is 0 Å². The number of piperazine rings is 1. The van der Waals surface area contributed by atoms with Gasteiger partial charge in [-0.1, -0.05) is 6.07 Å². The van der Waals surface area contributed by atoms with Gasteiger partial charge in [0.15, 0.2) is 11.2 Å². The van der Waals surface area contributed by atoms with Crippen LogP contribution in [0.15, 0.2) is 45.1 Å². The van der Waals surface area contributed by atoms with Crippen LogP contribution in [0, 0.1) is 10.1 Å². The largest absolute Gasteiger partial charge is 0.339 e. The second-order valence-corrected chi connectivity index (χ2v) is 9.73. The molecular weight excluding hydrogens is 470 g/mol. The van der Waals surface area contributed by atoms with Crippen molar-refractivity contribution < 1.29 is 18.1 Å². The standard InChI is InChI=1S/C19H21N7O7S/c1-21-17-16(18(28)22(2)19(21)29)24(12-20-17)11-15(27)23-6-8-25(9-7-23)34(32,33)14-5-3-4-13(10-14)26(30)31/h3-5,10,12H,6-9,11H2,1-2H3. The van der Waals surface area contributed by atoms with Gasteiger partial charge < -0.3 is 9.47 Å². The highest BCUT2D eigenvalue weighted by Gasteiger charge is 2.31. The summed E-state index contributed by atoms with van der Waals surface area (Å²) in [6.45, 7) is 0.0310. The Kier molecular flexibility index (Phi) is 5.82. The van der Waals surface area contributed by atoms with Gasteiger partial charge >= 0.3 is 5.69 Å². The molecular formula is C19H21N7O7S. The van der Waals surface area contributed by atoms with E-state index in [9.17, 15) is 32.9 Å². The third kappa shape index (κ3) is 3.88. The number of non-ortho nitro benzene ring substituents is 1. The number of nitro groups is 1. The van der Waals surface area contributed by atoms with Crippen molar-refractivity contribution in [2.45, 2.75) is 11.4 Å². The number of nitrogens with zero attached hydrogens (tertiary/aromatic N) is 7. The second-order valence-electron chi connectivity index (χ2n) is 7.79. The lowest BCUT2D eigenvalue weighted by molar-refractivity contribution is -0.385. The molecule has 1 saturated heterocycles. The van der Waals surface area contributed by atoms with E-state index in [1.54, 1.807) is 0 Å². The summed E-state index contributed by atoms with van der Waals surface area (Å²) in [5.41, 5.74) is -1.16. The molecule has 0 bridgehead atoms. The van der Waals surface area contributed by atoms with Crippen LogP contribution in [0.25, 0.3) is 11.2 Å². The molecule has 3 aromatic rings. The molecule has 0 aliphatic carbocycles. The van der Waals surface area contributed by atoms with E-state index in [0.29, 0.717) is 0 Å². The molecule has 0 radical (unpaired) electrons. The summed E-state index contributed by atoms with van der Waals surface area (Å²) in [4.78, 5) is 53.1. The number of sulfonamides is 1. The number of hydrogen-bond donors (Lipinski definition) is 0. The number of imidazole rings is 1. The third-order valence-electron chi connectivity index (χ3n) is 5.78. The molecule has 1 aliphatic heterocycles. The lowest BCUT2D eigenvalue weighted by atomic mass is 10.3. The quantitative estimate of drug-likeness (QED) is 0.320. The molecule has 1 aliphatic rings. The number of hydrogen-bond acceptors (Lipinski definition) is 8. The van der Waals surface area contributed by atoms with Gasteiger partial charge in [0.05, 0.1) is 16.1 Å². The number of rotatable bonds is 5. The molecule has 2 aromatic heterocycles. The number of carbonyl (C=O) groups is 1. The van der Waals surface area contributed by atoms with Gasteiger partial charge in [-0.25, -0.2) is 18.2 Å². The number of benzene rings is 1. The molecule has 0 spiro atoms. The summed E-state index contributed by atoms with van der Waals surface area (Å²) in [7, 11) is -1.15. The zero-order valence-electron chi connectivity index (χ0n) is 18.3. The lowest BCUT2D eigenvalue weighted by Gasteiger charge is -2.34. The van der Waals surface area contributed by atoms with Gasteiger partial charge in [-0.05, 0) is 6.07 Å². The smallest absolute Gasteiger partial charge is 0.332 e. The van der Waals surface area contributed by atoms with Crippen molar-refractivity contribution in [3.8, 4) is 0 Å². The first-order valence-corrected chi connectivity index (χ1v) is 11.6. The van der Waals surface area contributed by atoms with E-state index in [-0.39, 0.29) is 60.4 Å². The van der Waals surface area contributed by atoms with E-state index in [1.807, 2.05) is 0 Å². The first-order chi connectivity index (χ1) is 16.0. The Hall–Kier alpha value is -3.85. The lowest BCUT2D eigenvalue weighted by Crippen LogP contribution is -2.51. The predicted molar refractivity (Wildman–Crippen MR) is 119 cm³/mol. The van der Waals surface area contributed by atoms with E-state index in [1.165, 1.54) is 57.0 Å². The SMILES string of the molecule is Cn1c(=O)c2c(ncn2CC(=O)N2CCN(S(=O)(=O)c3cccc([N+](=O)[O-])c3)CC2)n(C)c1=O. The molecule has 3 heterocycles. The minimum absolute atomic E-state index is 0.0116. The van der Waals surface area contributed by atoms with Gasteiger partial charge in [-0.15, -0.1) is 0 Å². The van der Waals surface area contributed by atoms with Crippen molar-refractivity contribution in [2.75, 3.05) is 26.2 Å². The summed E-state index contributed by atoms with van der Waals surface area (Å²) in [6, 6.07) is 4.81. The number of amides is 1. The predicted octanol–water partition coefficient (Wildman–Crippen LogP) is -1.12. The Morgan fingerprint density at radius 1 is 1.12 bits per heavy atom. The summed E-state index contributed by atoms with van der Waals surface area (Å²) in [5.74, 6) is -0.345. The van der Waals surface area contributed by atoms with Crippen LogP contribution in [0.5, 0.6) is 0 Å². The average Bonchev–Trinajstić information content (AvgIpc) is 3.25. The Bertz CT molecular complexity index is 1530. The van der Waals surface area contributed by atoms with Crippen LogP contribution in [-0.2, 0) is 35.5 Å². The molecule has 0 saturated carbocycles. The van der Waals surface area contributed by atoms with E-state index in [4.69, 9.17) is 0 Å². The summed E-state index contributed by atoms with van der Waals surface area (Å²) in [5, 5.41) is 11.0. The van der Waals surface area contributed by atoms with Crippen molar-refractivity contribution in [3.05, 3.63) is 61.5 Å². The van der Waals surface area contributed by atoms with E-state index in [0.717, 1.165) is 10.6 Å². The van der Waals surface area contributed by atoms with Crippen LogP contribution >= 0.6 is 0 Å². The Balaban J connectivity index is 1.49. The molecule has 1 aromatic carbocycles. The molecule has 0 N–H and O–H groups in total. The van der Waals surface area contributed by atoms with Crippen LogP contribution in [0.4, 0.5) is 5.69 Å². The van der Waals surface area contributed by atoms with Crippen LogP contribution in [0.2, 0.25) is 0 Å². The molecule has 14 nitrogen and oxygen atoms in total. The van der Waals surface area contributed by atoms with E-state index in [2.05, 4.69) is 4.98 Å². The average molecular weight is 491 g/mol. The van der Waals surface area contributed by atoms with Crippen molar-refractivity contribution >= 4 is 32.8 Å². The van der Waals surface area contributed by atoms with Gasteiger partial charge in [-0.2, -0.15) is 4.31 Å². The van der Waals surface area contributed by atoms with Gasteiger partial charge in [-0.3, -0.25) is 28.8 Å². The van der Waals surface area contributed by atoms with E-state index >= 15 is 0 Å². The van der Waals surface area contributed by atoms with Crippen LogP contribution < -0.4 is 11.2 Å². The zero-order chi connectivity index (χ0) is 24.8. The summed E-state index contributed by atoms with van der Waals surface area (Å²) >= 11 is 0. The number of carbonyl (C=O) groups excluding carboxylic acids is 1. The normalized spacial score (nSPS) is 15.1. The van der Waals surface area contributed by atoms with Gasteiger partial charge in [0.25, 0.3) is 11.2 Å². The van der Waals surface area contributed by atoms with Gasteiger partial charge in [0.1, 0.15) is 6.54 Å². The Labute approximate surface area is 192 Å². The molecule has 0 atom stereocenters. The highest BCUT2D eigenvalue weighted by molar-refractivity contribution is 7.89. The Morgan fingerprint density at radius 2 is 1.79 bits per heavy atom. The molecule has 15 heteroatoms. The maximum atomic E-state index is 12.9. The Morgan fingerprint density at radius 3 is 2.44 bits per heavy atom. The second kappa shape index (κ2) is 8.49. The molecule has 34 heavy (non-hydrogen) atoms. The molecule has 1 amide bonds. The third-order valence-corrected chi connectivity index (χ3v) is 7.67. The first-order valence-electron chi connectivity index (χ1n) is 10.2. The van der Waals surface area contributed by atoms with Crippen molar-refractivity contribution in [1.82, 2.24) is 27.9 Å². The number of aromatic nitrogens is 4. The van der Waals surface area contributed by atoms with Crippen LogP contribution in [0.3, 0.4) is 0 Å².